The van der Waals surface area contributed by atoms with Crippen molar-refractivity contribution in [3.8, 4) is 0 Å². The van der Waals surface area contributed by atoms with Crippen LogP contribution in [0.25, 0.3) is 0 Å². The summed E-state index contributed by atoms with van der Waals surface area (Å²) < 4.78 is 16.6. The van der Waals surface area contributed by atoms with Crippen molar-refractivity contribution in [3.63, 3.8) is 0 Å². The number of amides is 1. The molecule has 1 aliphatic rings. The number of rotatable bonds is 39. The second-order valence-corrected chi connectivity index (χ2v) is 16.3. The SMILES string of the molecule is CCCCCCCCCCCCCCCCOCC(O)CN(CC(O)COC1O[C@H](CO)[C@@H](O)[C@H](O)[C@H]1O)C(=O)CCCCCCCCCCCCCCC. The number of carbonyl (C=O) groups excluding carboxylic acids is 1. The van der Waals surface area contributed by atoms with Crippen LogP contribution in [0.5, 0.6) is 0 Å². The van der Waals surface area contributed by atoms with Gasteiger partial charge in [-0.25, -0.2) is 0 Å². The second kappa shape index (κ2) is 36.2. The lowest BCUT2D eigenvalue weighted by Crippen LogP contribution is -2.59. The highest BCUT2D eigenvalue weighted by atomic mass is 16.7. The van der Waals surface area contributed by atoms with Crippen LogP contribution in [-0.4, -0.2) is 124 Å². The van der Waals surface area contributed by atoms with Gasteiger partial charge in [-0.3, -0.25) is 4.79 Å². The molecular weight excluding hydrogens is 702 g/mol. The molecule has 11 nitrogen and oxygen atoms in total. The summed E-state index contributed by atoms with van der Waals surface area (Å²) in [5.41, 5.74) is 0. The Morgan fingerprint density at radius 1 is 0.564 bits per heavy atom. The zero-order valence-electron chi connectivity index (χ0n) is 35.3. The summed E-state index contributed by atoms with van der Waals surface area (Å²) >= 11 is 0. The second-order valence-electron chi connectivity index (χ2n) is 16.3. The molecule has 0 saturated carbocycles. The van der Waals surface area contributed by atoms with E-state index < -0.39 is 49.5 Å². The van der Waals surface area contributed by atoms with E-state index in [2.05, 4.69) is 13.8 Å². The van der Waals surface area contributed by atoms with Gasteiger partial charge in [0.25, 0.3) is 0 Å². The number of nitrogens with zero attached hydrogens (tertiary/aromatic N) is 1. The van der Waals surface area contributed by atoms with Crippen LogP contribution in [0.1, 0.15) is 194 Å². The predicted molar refractivity (Wildman–Crippen MR) is 220 cm³/mol. The molecule has 0 spiro atoms. The third-order valence-corrected chi connectivity index (χ3v) is 11.0. The first kappa shape index (κ1) is 52.1. The number of ether oxygens (including phenoxy) is 3. The summed E-state index contributed by atoms with van der Waals surface area (Å²) in [6.45, 7) is 4.13. The standard InChI is InChI=1S/C44H87NO10/c1-3-5-7-9-11-13-15-17-19-21-23-25-27-29-31-53-35-37(47)32-45(33-38(48)36-54-44-43(52)42(51)41(50)39(34-46)55-44)40(49)30-28-26-24-22-20-18-16-14-12-10-8-6-4-2/h37-39,41-44,46-48,50-52H,3-36H2,1-2H3/t37?,38?,39-,41-,42+,43-,44?/m1/s1. The van der Waals surface area contributed by atoms with Crippen LogP contribution in [0, 0.1) is 0 Å². The molecule has 1 heterocycles. The van der Waals surface area contributed by atoms with Crippen LogP contribution < -0.4 is 0 Å². The molecule has 0 radical (unpaired) electrons. The molecule has 11 heteroatoms. The molecule has 0 aromatic heterocycles. The maximum absolute atomic E-state index is 13.3. The number of hydrogen-bond donors (Lipinski definition) is 6. The molecule has 1 saturated heterocycles. The van der Waals surface area contributed by atoms with Crippen molar-refractivity contribution in [1.82, 2.24) is 4.90 Å². The number of unbranched alkanes of at least 4 members (excludes halogenated alkanes) is 25. The van der Waals surface area contributed by atoms with Crippen LogP contribution in [0.15, 0.2) is 0 Å². The third kappa shape index (κ3) is 27.4. The molecule has 3 unspecified atom stereocenters. The fourth-order valence-corrected chi connectivity index (χ4v) is 7.37. The first-order chi connectivity index (χ1) is 26.7. The van der Waals surface area contributed by atoms with Crippen molar-refractivity contribution >= 4 is 5.91 Å². The molecule has 6 N–H and O–H groups in total. The van der Waals surface area contributed by atoms with Gasteiger partial charge in [-0.05, 0) is 12.8 Å². The smallest absolute Gasteiger partial charge is 0.222 e. The summed E-state index contributed by atoms with van der Waals surface area (Å²) in [5, 5.41) is 61.4. The van der Waals surface area contributed by atoms with Crippen LogP contribution >= 0.6 is 0 Å². The van der Waals surface area contributed by atoms with E-state index in [0.29, 0.717) is 13.0 Å². The summed E-state index contributed by atoms with van der Waals surface area (Å²) in [4.78, 5) is 14.8. The zero-order chi connectivity index (χ0) is 40.4. The average Bonchev–Trinajstić information content (AvgIpc) is 3.18. The fraction of sp³-hybridized carbons (Fsp3) is 0.977. The molecule has 1 amide bonds. The first-order valence-electron chi connectivity index (χ1n) is 22.9. The summed E-state index contributed by atoms with van der Waals surface area (Å²) in [6.07, 6.45) is 24.7. The minimum Gasteiger partial charge on any atom is -0.394 e. The Bertz CT molecular complexity index is 851. The minimum absolute atomic E-state index is 0.00707. The molecule has 328 valence electrons. The Labute approximate surface area is 335 Å². The third-order valence-electron chi connectivity index (χ3n) is 11.0. The summed E-state index contributed by atoms with van der Waals surface area (Å²) in [7, 11) is 0. The molecule has 7 atom stereocenters. The van der Waals surface area contributed by atoms with Gasteiger partial charge in [0, 0.05) is 26.1 Å². The Kier molecular flexibility index (Phi) is 34.3. The number of hydrogen-bond acceptors (Lipinski definition) is 10. The Hall–Kier alpha value is -0.890. The largest absolute Gasteiger partial charge is 0.394 e. The van der Waals surface area contributed by atoms with Gasteiger partial charge in [-0.2, -0.15) is 0 Å². The highest BCUT2D eigenvalue weighted by Gasteiger charge is 2.44. The highest BCUT2D eigenvalue weighted by Crippen LogP contribution is 2.22. The Morgan fingerprint density at radius 2 is 0.964 bits per heavy atom. The zero-order valence-corrected chi connectivity index (χ0v) is 35.3. The van der Waals surface area contributed by atoms with Crippen LogP contribution in [0.3, 0.4) is 0 Å². The van der Waals surface area contributed by atoms with E-state index in [9.17, 15) is 35.4 Å². The first-order valence-corrected chi connectivity index (χ1v) is 22.9. The van der Waals surface area contributed by atoms with Gasteiger partial charge in [0.1, 0.15) is 24.4 Å². The van der Waals surface area contributed by atoms with Crippen molar-refractivity contribution in [3.05, 3.63) is 0 Å². The molecule has 0 aliphatic carbocycles. The molecule has 0 aromatic carbocycles. The van der Waals surface area contributed by atoms with Crippen LogP contribution in [0.2, 0.25) is 0 Å². The lowest BCUT2D eigenvalue weighted by molar-refractivity contribution is -0.304. The monoisotopic (exact) mass is 790 g/mol. The van der Waals surface area contributed by atoms with Crippen LogP contribution in [0.4, 0.5) is 0 Å². The molecule has 0 bridgehead atoms. The van der Waals surface area contributed by atoms with E-state index in [4.69, 9.17) is 14.2 Å². The highest BCUT2D eigenvalue weighted by molar-refractivity contribution is 5.76. The minimum atomic E-state index is -1.59. The predicted octanol–water partition coefficient (Wildman–Crippen LogP) is 7.33. The summed E-state index contributed by atoms with van der Waals surface area (Å²) in [6, 6.07) is 0. The summed E-state index contributed by atoms with van der Waals surface area (Å²) in [5.74, 6) is -0.166. The normalized spacial score (nSPS) is 21.2. The van der Waals surface area contributed by atoms with Crippen molar-refractivity contribution in [2.75, 3.05) is 39.5 Å². The molecule has 1 aliphatic heterocycles. The van der Waals surface area contributed by atoms with E-state index in [1.54, 1.807) is 0 Å². The fourth-order valence-electron chi connectivity index (χ4n) is 7.37. The van der Waals surface area contributed by atoms with Crippen molar-refractivity contribution in [2.24, 2.45) is 0 Å². The lowest BCUT2D eigenvalue weighted by Gasteiger charge is -2.39. The number of carbonyl (C=O) groups is 1. The number of aliphatic hydroxyl groups is 6. The quantitative estimate of drug-likeness (QED) is 0.0347. The van der Waals surface area contributed by atoms with Gasteiger partial charge < -0.3 is 49.7 Å². The maximum atomic E-state index is 13.3. The maximum Gasteiger partial charge on any atom is 0.222 e. The molecule has 1 rings (SSSR count). The van der Waals surface area contributed by atoms with E-state index in [1.807, 2.05) is 0 Å². The molecule has 55 heavy (non-hydrogen) atoms. The Morgan fingerprint density at radius 3 is 1.40 bits per heavy atom. The van der Waals surface area contributed by atoms with Gasteiger partial charge in [-0.15, -0.1) is 0 Å². The van der Waals surface area contributed by atoms with Crippen molar-refractivity contribution < 1.29 is 49.6 Å². The van der Waals surface area contributed by atoms with Gasteiger partial charge in [0.15, 0.2) is 6.29 Å². The molecular formula is C44H87NO10. The van der Waals surface area contributed by atoms with Gasteiger partial charge in [-0.1, -0.05) is 174 Å². The molecule has 0 aromatic rings. The van der Waals surface area contributed by atoms with E-state index in [0.717, 1.165) is 38.5 Å². The van der Waals surface area contributed by atoms with Gasteiger partial charge in [0.2, 0.25) is 5.91 Å². The Balaban J connectivity index is 2.39. The van der Waals surface area contributed by atoms with Crippen LogP contribution in [-0.2, 0) is 19.0 Å². The lowest BCUT2D eigenvalue weighted by atomic mass is 9.99. The van der Waals surface area contributed by atoms with E-state index in [-0.39, 0.29) is 32.2 Å². The van der Waals surface area contributed by atoms with Gasteiger partial charge >= 0.3 is 0 Å². The van der Waals surface area contributed by atoms with E-state index in [1.165, 1.54) is 140 Å². The topological polar surface area (TPSA) is 169 Å². The van der Waals surface area contributed by atoms with Crippen molar-refractivity contribution in [2.45, 2.75) is 237 Å². The molecule has 1 fully saturated rings. The van der Waals surface area contributed by atoms with E-state index >= 15 is 0 Å². The number of aliphatic hydroxyl groups excluding tert-OH is 6. The average molecular weight is 790 g/mol. The van der Waals surface area contributed by atoms with Crippen molar-refractivity contribution in [1.29, 1.82) is 0 Å². The van der Waals surface area contributed by atoms with Gasteiger partial charge in [0.05, 0.1) is 32.0 Å².